The van der Waals surface area contributed by atoms with Crippen LogP contribution in [-0.2, 0) is 10.0 Å². The summed E-state index contributed by atoms with van der Waals surface area (Å²) in [4.78, 5) is 11.2. The number of rotatable bonds is 4. The van der Waals surface area contributed by atoms with Crippen molar-refractivity contribution in [1.82, 2.24) is 4.31 Å². The maximum Gasteiger partial charge on any atom is 0.243 e. The van der Waals surface area contributed by atoms with E-state index in [0.29, 0.717) is 19.4 Å². The van der Waals surface area contributed by atoms with E-state index >= 15 is 0 Å². The monoisotopic (exact) mass is 331 g/mol. The molecular weight excluding hydrogens is 314 g/mol. The Kier molecular flexibility index (Phi) is 4.19. The zero-order valence-corrected chi connectivity index (χ0v) is 13.3. The molecule has 0 aliphatic carbocycles. The summed E-state index contributed by atoms with van der Waals surface area (Å²) < 4.78 is 26.5. The third-order valence-corrected chi connectivity index (χ3v) is 5.96. The van der Waals surface area contributed by atoms with Gasteiger partial charge in [0.25, 0.3) is 0 Å². The van der Waals surface area contributed by atoms with E-state index < -0.39 is 10.0 Å². The molecule has 2 aromatic carbocycles. The highest BCUT2D eigenvalue weighted by atomic mass is 32.2. The molecule has 0 bridgehead atoms. The average molecular weight is 331 g/mol. The number of benzene rings is 2. The van der Waals surface area contributed by atoms with Crippen LogP contribution < -0.4 is 0 Å². The highest BCUT2D eigenvalue weighted by molar-refractivity contribution is 7.89. The smallest absolute Gasteiger partial charge is 0.243 e. The third-order valence-electron chi connectivity index (χ3n) is 4.04. The van der Waals surface area contributed by atoms with Gasteiger partial charge in [-0.15, -0.1) is 0 Å². The molecule has 1 N–H and O–H groups in total. The summed E-state index contributed by atoms with van der Waals surface area (Å²) in [6.07, 6.45) is 2.39. The molecule has 5 nitrogen and oxygen atoms in total. The average Bonchev–Trinajstić information content (AvgIpc) is 3.11. The first kappa shape index (κ1) is 15.7. The minimum absolute atomic E-state index is 0.0722. The molecule has 0 radical (unpaired) electrons. The molecule has 23 heavy (non-hydrogen) atoms. The summed E-state index contributed by atoms with van der Waals surface area (Å²) in [6, 6.07) is 11.3. The van der Waals surface area contributed by atoms with Gasteiger partial charge in [-0.2, -0.15) is 4.31 Å². The molecule has 1 fully saturated rings. The summed E-state index contributed by atoms with van der Waals surface area (Å²) in [6.45, 7) is 1.15. The minimum atomic E-state index is -3.42. The number of carbonyl (C=O) groups excluding carboxylic acids is 1. The molecule has 1 heterocycles. The Hall–Kier alpha value is -2.18. The van der Waals surface area contributed by atoms with Crippen LogP contribution in [0, 0.1) is 0 Å². The van der Waals surface area contributed by atoms with E-state index in [1.165, 1.54) is 10.4 Å². The lowest BCUT2D eigenvalue weighted by molar-refractivity contribution is 0.112. The lowest BCUT2D eigenvalue weighted by Crippen LogP contribution is -2.27. The van der Waals surface area contributed by atoms with Crippen LogP contribution in [0.15, 0.2) is 47.4 Å². The van der Waals surface area contributed by atoms with Gasteiger partial charge < -0.3 is 5.11 Å². The van der Waals surface area contributed by atoms with Gasteiger partial charge in [0.15, 0.2) is 6.29 Å². The van der Waals surface area contributed by atoms with Crippen molar-refractivity contribution in [2.75, 3.05) is 13.1 Å². The molecule has 120 valence electrons. The Morgan fingerprint density at radius 2 is 1.57 bits per heavy atom. The molecule has 0 unspecified atom stereocenters. The van der Waals surface area contributed by atoms with E-state index in [1.54, 1.807) is 36.4 Å². The topological polar surface area (TPSA) is 74.7 Å². The van der Waals surface area contributed by atoms with Crippen LogP contribution in [-0.4, -0.2) is 37.2 Å². The van der Waals surface area contributed by atoms with Crippen LogP contribution in [0.5, 0.6) is 5.75 Å². The summed E-state index contributed by atoms with van der Waals surface area (Å²) in [5.41, 5.74) is 1.74. The Bertz CT molecular complexity index is 822. The van der Waals surface area contributed by atoms with E-state index in [9.17, 15) is 18.3 Å². The van der Waals surface area contributed by atoms with Crippen LogP contribution >= 0.6 is 0 Å². The molecule has 3 rings (SSSR count). The maximum atomic E-state index is 12.5. The number of sulfonamides is 1. The molecule has 0 aromatic heterocycles. The molecule has 0 spiro atoms. The van der Waals surface area contributed by atoms with Crippen LogP contribution in [0.3, 0.4) is 0 Å². The number of phenols is 1. The van der Waals surface area contributed by atoms with Crippen molar-refractivity contribution in [3.63, 3.8) is 0 Å². The fourth-order valence-corrected chi connectivity index (χ4v) is 4.24. The lowest BCUT2D eigenvalue weighted by atomic mass is 10.0. The number of aldehydes is 1. The zero-order chi connectivity index (χ0) is 16.4. The van der Waals surface area contributed by atoms with Gasteiger partial charge in [0, 0.05) is 13.1 Å². The van der Waals surface area contributed by atoms with Gasteiger partial charge in [0.2, 0.25) is 10.0 Å². The first-order valence-corrected chi connectivity index (χ1v) is 8.85. The maximum absolute atomic E-state index is 12.5. The predicted octanol–water partition coefficient (Wildman–Crippen LogP) is 2.66. The second-order valence-corrected chi connectivity index (χ2v) is 7.46. The molecule has 1 saturated heterocycles. The lowest BCUT2D eigenvalue weighted by Gasteiger charge is -2.15. The fraction of sp³-hybridized carbons (Fsp3) is 0.235. The highest BCUT2D eigenvalue weighted by Gasteiger charge is 2.26. The second-order valence-electron chi connectivity index (χ2n) is 5.53. The van der Waals surface area contributed by atoms with E-state index in [2.05, 4.69) is 0 Å². The van der Waals surface area contributed by atoms with E-state index in [4.69, 9.17) is 0 Å². The van der Waals surface area contributed by atoms with Gasteiger partial charge in [0.1, 0.15) is 5.75 Å². The van der Waals surface area contributed by atoms with E-state index in [-0.39, 0.29) is 16.2 Å². The molecule has 0 atom stereocenters. The number of nitrogens with zero attached hydrogens (tertiary/aromatic N) is 1. The van der Waals surface area contributed by atoms with Gasteiger partial charge in [0.05, 0.1) is 10.5 Å². The molecule has 1 aliphatic heterocycles. The first-order chi connectivity index (χ1) is 11.0. The van der Waals surface area contributed by atoms with Gasteiger partial charge in [-0.05, 0) is 48.2 Å². The van der Waals surface area contributed by atoms with Gasteiger partial charge in [-0.25, -0.2) is 8.42 Å². The van der Waals surface area contributed by atoms with Crippen molar-refractivity contribution < 1.29 is 18.3 Å². The normalized spacial score (nSPS) is 15.7. The zero-order valence-electron chi connectivity index (χ0n) is 12.5. The standard InChI is InChI=1S/C17H17NO4S/c19-12-15-11-14(5-8-17(15)20)13-3-6-16(7-4-13)23(21,22)18-9-1-2-10-18/h3-8,11-12,20H,1-2,9-10H2. The minimum Gasteiger partial charge on any atom is -0.507 e. The Morgan fingerprint density at radius 3 is 2.17 bits per heavy atom. The van der Waals surface area contributed by atoms with E-state index in [1.807, 2.05) is 0 Å². The van der Waals surface area contributed by atoms with Crippen molar-refractivity contribution in [2.45, 2.75) is 17.7 Å². The van der Waals surface area contributed by atoms with Crippen LogP contribution in [0.1, 0.15) is 23.2 Å². The molecular formula is C17H17NO4S. The van der Waals surface area contributed by atoms with Crippen molar-refractivity contribution >= 4 is 16.3 Å². The molecule has 6 heteroatoms. The summed E-state index contributed by atoms with van der Waals surface area (Å²) >= 11 is 0. The quantitative estimate of drug-likeness (QED) is 0.874. The number of aromatic hydroxyl groups is 1. The highest BCUT2D eigenvalue weighted by Crippen LogP contribution is 2.27. The summed E-state index contributed by atoms with van der Waals surface area (Å²) in [5.74, 6) is -0.0722. The molecule has 2 aromatic rings. The Balaban J connectivity index is 1.92. The van der Waals surface area contributed by atoms with Gasteiger partial charge >= 0.3 is 0 Å². The number of hydrogen-bond donors (Lipinski definition) is 1. The molecule has 0 amide bonds. The van der Waals surface area contributed by atoms with Crippen molar-refractivity contribution in [3.8, 4) is 16.9 Å². The van der Waals surface area contributed by atoms with Crippen molar-refractivity contribution in [1.29, 1.82) is 0 Å². The SMILES string of the molecule is O=Cc1cc(-c2ccc(S(=O)(=O)N3CCCC3)cc2)ccc1O. The predicted molar refractivity (Wildman–Crippen MR) is 86.9 cm³/mol. The van der Waals surface area contributed by atoms with Crippen LogP contribution in [0.25, 0.3) is 11.1 Å². The number of carbonyl (C=O) groups is 1. The molecule has 1 aliphatic rings. The van der Waals surface area contributed by atoms with E-state index in [0.717, 1.165) is 24.0 Å². The fourth-order valence-electron chi connectivity index (χ4n) is 2.73. The summed E-state index contributed by atoms with van der Waals surface area (Å²) in [7, 11) is -3.42. The number of hydrogen-bond acceptors (Lipinski definition) is 4. The number of phenolic OH excluding ortho intramolecular Hbond substituents is 1. The van der Waals surface area contributed by atoms with Crippen LogP contribution in [0.2, 0.25) is 0 Å². The summed E-state index contributed by atoms with van der Waals surface area (Å²) in [5, 5.41) is 9.54. The van der Waals surface area contributed by atoms with Crippen molar-refractivity contribution in [2.24, 2.45) is 0 Å². The second kappa shape index (κ2) is 6.14. The van der Waals surface area contributed by atoms with Gasteiger partial charge in [-0.1, -0.05) is 18.2 Å². The van der Waals surface area contributed by atoms with Crippen molar-refractivity contribution in [3.05, 3.63) is 48.0 Å². The molecule has 0 saturated carbocycles. The first-order valence-electron chi connectivity index (χ1n) is 7.41. The largest absolute Gasteiger partial charge is 0.507 e. The van der Waals surface area contributed by atoms with Crippen LogP contribution in [0.4, 0.5) is 0 Å². The Labute approximate surface area is 135 Å². The third kappa shape index (κ3) is 3.00. The Morgan fingerprint density at radius 1 is 0.957 bits per heavy atom. The van der Waals surface area contributed by atoms with Gasteiger partial charge in [-0.3, -0.25) is 4.79 Å².